The number of rotatable bonds is 11. The van der Waals surface area contributed by atoms with E-state index in [1.54, 1.807) is 7.05 Å². The Morgan fingerprint density at radius 1 is 1.29 bits per heavy atom. The van der Waals surface area contributed by atoms with E-state index < -0.39 is 0 Å². The molecule has 2 heterocycles. The maximum Gasteiger partial charge on any atom is 0.161 e. The topological polar surface area (TPSA) is 65.4 Å². The van der Waals surface area contributed by atoms with Crippen molar-refractivity contribution < 1.29 is 0 Å². The van der Waals surface area contributed by atoms with Gasteiger partial charge in [0.25, 0.3) is 0 Å². The third kappa shape index (κ3) is 7.62. The van der Waals surface area contributed by atoms with Gasteiger partial charge >= 0.3 is 0 Å². The van der Waals surface area contributed by atoms with Gasteiger partial charge in [0.1, 0.15) is 5.82 Å². The molecular formula is C29H40N6. The summed E-state index contributed by atoms with van der Waals surface area (Å²) in [4.78, 5) is 16.0. The van der Waals surface area contributed by atoms with Gasteiger partial charge in [0.15, 0.2) is 5.82 Å². The van der Waals surface area contributed by atoms with Crippen LogP contribution >= 0.6 is 0 Å². The Kier molecular flexibility index (Phi) is 10.2. The van der Waals surface area contributed by atoms with Gasteiger partial charge in [0.2, 0.25) is 0 Å². The van der Waals surface area contributed by atoms with Crippen LogP contribution in [0.4, 0.5) is 5.82 Å². The fourth-order valence-corrected chi connectivity index (χ4v) is 4.35. The van der Waals surface area contributed by atoms with Crippen molar-refractivity contribution in [1.29, 1.82) is 0 Å². The van der Waals surface area contributed by atoms with E-state index in [1.807, 2.05) is 43.5 Å². The first-order chi connectivity index (χ1) is 17.0. The summed E-state index contributed by atoms with van der Waals surface area (Å²) in [5, 5.41) is 7.25. The van der Waals surface area contributed by atoms with Gasteiger partial charge in [0, 0.05) is 69.0 Å². The van der Waals surface area contributed by atoms with Crippen LogP contribution in [0.1, 0.15) is 50.2 Å². The minimum absolute atomic E-state index is 0.571. The van der Waals surface area contributed by atoms with Gasteiger partial charge < -0.3 is 15.5 Å². The van der Waals surface area contributed by atoms with Gasteiger partial charge in [0.05, 0.1) is 0 Å². The largest absolute Gasteiger partial charge is 0.383 e. The number of piperidine rings is 1. The van der Waals surface area contributed by atoms with Crippen LogP contribution in [-0.2, 0) is 0 Å². The maximum absolute atomic E-state index is 5.00. The van der Waals surface area contributed by atoms with E-state index in [0.717, 1.165) is 59.6 Å². The molecule has 1 aliphatic rings. The highest BCUT2D eigenvalue weighted by Gasteiger charge is 2.15. The molecule has 0 spiro atoms. The lowest BCUT2D eigenvalue weighted by Crippen LogP contribution is -2.35. The molecule has 1 unspecified atom stereocenters. The predicted octanol–water partition coefficient (Wildman–Crippen LogP) is 5.67. The third-order valence-electron chi connectivity index (χ3n) is 6.06. The zero-order chi connectivity index (χ0) is 25.0. The zero-order valence-electron chi connectivity index (χ0n) is 21.7. The summed E-state index contributed by atoms with van der Waals surface area (Å²) in [7, 11) is 5.82. The quantitative estimate of drug-likeness (QED) is 0.326. The van der Waals surface area contributed by atoms with Crippen molar-refractivity contribution in [3.8, 4) is 11.4 Å². The molecule has 1 aromatic heterocycles. The molecule has 1 aliphatic heterocycles. The number of benzene rings is 1. The zero-order valence-corrected chi connectivity index (χ0v) is 21.7. The molecule has 1 fully saturated rings. The van der Waals surface area contributed by atoms with E-state index in [9.17, 15) is 0 Å². The van der Waals surface area contributed by atoms with E-state index in [4.69, 9.17) is 9.97 Å². The molecule has 6 heteroatoms. The second-order valence-electron chi connectivity index (χ2n) is 9.11. The van der Waals surface area contributed by atoms with E-state index in [2.05, 4.69) is 59.6 Å². The Morgan fingerprint density at radius 2 is 2.14 bits per heavy atom. The molecule has 2 N–H and O–H groups in total. The minimum Gasteiger partial charge on any atom is -0.383 e. The molecule has 0 radical (unpaired) electrons. The summed E-state index contributed by atoms with van der Waals surface area (Å²) < 4.78 is 0. The lowest BCUT2D eigenvalue weighted by molar-refractivity contribution is 0.389. The van der Waals surface area contributed by atoms with E-state index in [-0.39, 0.29) is 0 Å². The summed E-state index contributed by atoms with van der Waals surface area (Å²) >= 11 is 0. The fraction of sp³-hybridized carbons (Fsp3) is 0.414. The van der Waals surface area contributed by atoms with Gasteiger partial charge in [-0.25, -0.2) is 9.97 Å². The Balaban J connectivity index is 1.94. The van der Waals surface area contributed by atoms with Crippen LogP contribution < -0.4 is 10.6 Å². The molecule has 1 atom stereocenters. The van der Waals surface area contributed by atoms with Gasteiger partial charge in [-0.2, -0.15) is 0 Å². The Morgan fingerprint density at radius 3 is 2.83 bits per heavy atom. The first kappa shape index (κ1) is 26.4. The monoisotopic (exact) mass is 472 g/mol. The molecule has 3 rings (SSSR count). The molecule has 1 saturated heterocycles. The van der Waals surface area contributed by atoms with Crippen LogP contribution in [0.3, 0.4) is 0 Å². The molecule has 6 nitrogen and oxygen atoms in total. The second kappa shape index (κ2) is 13.6. The Labute approximate surface area is 211 Å². The molecule has 2 aromatic rings. The third-order valence-corrected chi connectivity index (χ3v) is 6.06. The summed E-state index contributed by atoms with van der Waals surface area (Å²) in [5.41, 5.74) is 5.13. The van der Waals surface area contributed by atoms with Gasteiger partial charge in [-0.15, -0.1) is 0 Å². The molecule has 0 amide bonds. The maximum atomic E-state index is 5.00. The molecular weight excluding hydrogens is 432 g/mol. The van der Waals surface area contributed by atoms with Crippen molar-refractivity contribution in [2.75, 3.05) is 39.5 Å². The first-order valence-corrected chi connectivity index (χ1v) is 12.6. The number of anilines is 1. The summed E-state index contributed by atoms with van der Waals surface area (Å²) in [6.45, 7) is 8.09. The smallest absolute Gasteiger partial charge is 0.161 e. The molecule has 0 bridgehead atoms. The van der Waals surface area contributed by atoms with E-state index >= 15 is 0 Å². The normalized spacial score (nSPS) is 17.0. The van der Waals surface area contributed by atoms with Crippen molar-refractivity contribution in [1.82, 2.24) is 20.2 Å². The van der Waals surface area contributed by atoms with Crippen molar-refractivity contribution in [2.45, 2.75) is 45.1 Å². The average molecular weight is 473 g/mol. The number of allylic oxidation sites excluding steroid dienone is 4. The standard InChI is InChI=1S/C29H40N6/c1-6-11-25(19-30-3)27-20-33-28(34-29(27)32-17-15-26-14-8-9-16-31-26)24-13-10-12-23(18-24)22(7-2)21-35(4)5/h7,10-13,18-21,26,31H,2,6,8-9,14-17H2,1,3-5H3,(H,32,33,34)/b22-21+,25-11+,30-19?. The lowest BCUT2D eigenvalue weighted by atomic mass is 10.0. The molecule has 0 aliphatic carbocycles. The Bertz CT molecular complexity index is 1060. The number of nitrogens with zero attached hydrogens (tertiary/aromatic N) is 4. The van der Waals surface area contributed by atoms with Crippen molar-refractivity contribution >= 4 is 23.2 Å². The van der Waals surface area contributed by atoms with Crippen LogP contribution in [-0.4, -0.2) is 61.4 Å². The van der Waals surface area contributed by atoms with Gasteiger partial charge in [-0.05, 0) is 49.4 Å². The fourth-order valence-electron chi connectivity index (χ4n) is 4.35. The highest BCUT2D eigenvalue weighted by atomic mass is 15.0. The minimum atomic E-state index is 0.571. The summed E-state index contributed by atoms with van der Waals surface area (Å²) in [6, 6.07) is 8.88. The predicted molar refractivity (Wildman–Crippen MR) is 151 cm³/mol. The van der Waals surface area contributed by atoms with Crippen LogP contribution in [0.2, 0.25) is 0 Å². The van der Waals surface area contributed by atoms with E-state index in [0.29, 0.717) is 11.9 Å². The number of aromatic nitrogens is 2. The highest BCUT2D eigenvalue weighted by molar-refractivity contribution is 6.11. The Hall–Kier alpha value is -3.25. The van der Waals surface area contributed by atoms with Gasteiger partial charge in [-0.3, -0.25) is 4.99 Å². The van der Waals surface area contributed by atoms with Crippen LogP contribution in [0.25, 0.3) is 22.5 Å². The van der Waals surface area contributed by atoms with Crippen molar-refractivity contribution in [2.24, 2.45) is 4.99 Å². The molecule has 186 valence electrons. The SMILES string of the molecule is C=C/C(=C\N(C)C)c1cccc(-c2ncc(/C(C=NC)=C/CC)c(NCCC3CCCCN3)n2)c1. The van der Waals surface area contributed by atoms with Crippen LogP contribution in [0, 0.1) is 0 Å². The number of hydrogen-bond donors (Lipinski definition) is 2. The number of nitrogens with one attached hydrogen (secondary N) is 2. The first-order valence-electron chi connectivity index (χ1n) is 12.6. The summed E-state index contributed by atoms with van der Waals surface area (Å²) in [5.74, 6) is 1.55. The molecule has 1 aromatic carbocycles. The van der Waals surface area contributed by atoms with Crippen LogP contribution in [0.5, 0.6) is 0 Å². The van der Waals surface area contributed by atoms with Crippen molar-refractivity contribution in [3.63, 3.8) is 0 Å². The second-order valence-corrected chi connectivity index (χ2v) is 9.11. The van der Waals surface area contributed by atoms with Gasteiger partial charge in [-0.1, -0.05) is 50.3 Å². The molecule has 35 heavy (non-hydrogen) atoms. The van der Waals surface area contributed by atoms with Crippen LogP contribution in [0.15, 0.2) is 60.4 Å². The van der Waals surface area contributed by atoms with Crippen molar-refractivity contribution in [3.05, 3.63) is 66.5 Å². The van der Waals surface area contributed by atoms with E-state index in [1.165, 1.54) is 19.3 Å². The number of hydrogen-bond acceptors (Lipinski definition) is 6. The summed E-state index contributed by atoms with van der Waals surface area (Å²) in [6.07, 6.45) is 15.7. The average Bonchev–Trinajstić information content (AvgIpc) is 2.88. The highest BCUT2D eigenvalue weighted by Crippen LogP contribution is 2.27. The molecule has 0 saturated carbocycles. The number of aliphatic imine (C=N–C) groups is 1. The lowest BCUT2D eigenvalue weighted by Gasteiger charge is -2.23.